The van der Waals surface area contributed by atoms with Gasteiger partial charge in [-0.15, -0.1) is 0 Å². The van der Waals surface area contributed by atoms with Crippen molar-refractivity contribution in [1.29, 1.82) is 0 Å². The number of nitrogens with two attached hydrogens (primary N) is 1. The van der Waals surface area contributed by atoms with Gasteiger partial charge in [0.2, 0.25) is 5.91 Å². The van der Waals surface area contributed by atoms with E-state index in [1.165, 1.54) is 0 Å². The maximum absolute atomic E-state index is 11.7. The van der Waals surface area contributed by atoms with Gasteiger partial charge in [0.1, 0.15) is 0 Å². The van der Waals surface area contributed by atoms with Gasteiger partial charge in [0.15, 0.2) is 0 Å². The van der Waals surface area contributed by atoms with Crippen molar-refractivity contribution in [3.63, 3.8) is 0 Å². The summed E-state index contributed by atoms with van der Waals surface area (Å²) >= 11 is 12.0. The van der Waals surface area contributed by atoms with Crippen molar-refractivity contribution in [3.05, 3.63) is 33.8 Å². The van der Waals surface area contributed by atoms with Gasteiger partial charge < -0.3 is 5.73 Å². The molecule has 0 radical (unpaired) electrons. The molecule has 0 spiro atoms. The lowest BCUT2D eigenvalue weighted by Gasteiger charge is -2.26. The number of carbonyl (C=O) groups excluding carboxylic acids is 1. The lowest BCUT2D eigenvalue weighted by molar-refractivity contribution is -0.123. The molecule has 0 aromatic heterocycles. The Morgan fingerprint density at radius 1 is 1.25 bits per heavy atom. The molecule has 2 N–H and O–H groups in total. The Morgan fingerprint density at radius 3 is 2.38 bits per heavy atom. The van der Waals surface area contributed by atoms with Crippen LogP contribution in [0.5, 0.6) is 0 Å². The fourth-order valence-electron chi connectivity index (χ4n) is 2.50. The van der Waals surface area contributed by atoms with Crippen LogP contribution in [0.15, 0.2) is 18.2 Å². The molecular formula is C12H13Cl2NO. The van der Waals surface area contributed by atoms with E-state index in [1.807, 2.05) is 6.07 Å². The molecule has 16 heavy (non-hydrogen) atoms. The first-order valence-electron chi connectivity index (χ1n) is 5.32. The number of rotatable bonds is 2. The van der Waals surface area contributed by atoms with Crippen LogP contribution in [0, 0.1) is 0 Å². The largest absolute Gasteiger partial charge is 0.369 e. The van der Waals surface area contributed by atoms with Crippen LogP contribution in [-0.4, -0.2) is 5.91 Å². The Morgan fingerprint density at radius 2 is 1.88 bits per heavy atom. The van der Waals surface area contributed by atoms with E-state index >= 15 is 0 Å². The predicted octanol–water partition coefficient (Wildman–Crippen LogP) is 3.29. The molecule has 0 saturated heterocycles. The fraction of sp³-hybridized carbons (Fsp3) is 0.417. The second kappa shape index (κ2) is 4.27. The minimum atomic E-state index is -0.582. The number of primary amides is 1. The van der Waals surface area contributed by atoms with Crippen molar-refractivity contribution in [1.82, 2.24) is 0 Å². The van der Waals surface area contributed by atoms with Crippen molar-refractivity contribution < 1.29 is 4.79 Å². The summed E-state index contributed by atoms with van der Waals surface area (Å²) < 4.78 is 0. The van der Waals surface area contributed by atoms with Gasteiger partial charge in [-0.3, -0.25) is 4.79 Å². The first-order valence-corrected chi connectivity index (χ1v) is 6.07. The molecule has 0 unspecified atom stereocenters. The van der Waals surface area contributed by atoms with Crippen LogP contribution in [0.2, 0.25) is 10.0 Å². The van der Waals surface area contributed by atoms with Crippen molar-refractivity contribution in [2.75, 3.05) is 0 Å². The minimum Gasteiger partial charge on any atom is -0.369 e. The molecule has 4 heteroatoms. The Hall–Kier alpha value is -0.730. The van der Waals surface area contributed by atoms with E-state index in [9.17, 15) is 4.79 Å². The molecule has 0 aliphatic heterocycles. The second-order valence-electron chi connectivity index (χ2n) is 4.28. The van der Waals surface area contributed by atoms with Gasteiger partial charge in [0.25, 0.3) is 0 Å². The lowest BCUT2D eigenvalue weighted by atomic mass is 9.78. The molecule has 1 fully saturated rings. The molecule has 86 valence electrons. The zero-order valence-electron chi connectivity index (χ0n) is 8.80. The molecule has 1 aliphatic carbocycles. The smallest absolute Gasteiger partial charge is 0.228 e. The van der Waals surface area contributed by atoms with Crippen molar-refractivity contribution in [2.45, 2.75) is 31.1 Å². The highest BCUT2D eigenvalue weighted by Gasteiger charge is 2.42. The number of benzene rings is 1. The average molecular weight is 258 g/mol. The quantitative estimate of drug-likeness (QED) is 0.868. The summed E-state index contributed by atoms with van der Waals surface area (Å²) in [5.74, 6) is -0.283. The summed E-state index contributed by atoms with van der Waals surface area (Å²) in [7, 11) is 0. The number of halogens is 2. The number of amides is 1. The summed E-state index contributed by atoms with van der Waals surface area (Å²) in [4.78, 5) is 11.7. The van der Waals surface area contributed by atoms with Gasteiger partial charge in [0, 0.05) is 10.0 Å². The normalized spacial score (nSPS) is 18.6. The second-order valence-corrected chi connectivity index (χ2v) is 5.12. The molecule has 0 atom stereocenters. The van der Waals surface area contributed by atoms with Crippen LogP contribution in [0.4, 0.5) is 0 Å². The zero-order chi connectivity index (χ0) is 11.8. The van der Waals surface area contributed by atoms with Crippen LogP contribution in [0.3, 0.4) is 0 Å². The minimum absolute atomic E-state index is 0.283. The van der Waals surface area contributed by atoms with Gasteiger partial charge in [-0.2, -0.15) is 0 Å². The highest BCUT2D eigenvalue weighted by Crippen LogP contribution is 2.44. The summed E-state index contributed by atoms with van der Waals surface area (Å²) in [6, 6.07) is 5.24. The molecule has 0 heterocycles. The van der Waals surface area contributed by atoms with E-state index in [-0.39, 0.29) is 5.91 Å². The first kappa shape index (κ1) is 11.7. The molecule has 2 nitrogen and oxygen atoms in total. The van der Waals surface area contributed by atoms with Crippen molar-refractivity contribution >= 4 is 29.1 Å². The SMILES string of the molecule is NC(=O)C1(c2ccc(Cl)cc2Cl)CCCC1. The van der Waals surface area contributed by atoms with Crippen LogP contribution in [0.1, 0.15) is 31.2 Å². The Bertz CT molecular complexity index is 425. The number of carbonyl (C=O) groups is 1. The Labute approximate surface area is 105 Å². The molecule has 1 aromatic carbocycles. The number of hydrogen-bond acceptors (Lipinski definition) is 1. The third kappa shape index (κ3) is 1.80. The topological polar surface area (TPSA) is 43.1 Å². The lowest BCUT2D eigenvalue weighted by Crippen LogP contribution is -2.38. The van der Waals surface area contributed by atoms with E-state index in [1.54, 1.807) is 12.1 Å². The van der Waals surface area contributed by atoms with Crippen LogP contribution < -0.4 is 5.73 Å². The molecule has 1 amide bonds. The van der Waals surface area contributed by atoms with Crippen molar-refractivity contribution in [2.24, 2.45) is 5.73 Å². The Balaban J connectivity index is 2.51. The van der Waals surface area contributed by atoms with Crippen LogP contribution >= 0.6 is 23.2 Å². The third-order valence-corrected chi connectivity index (χ3v) is 3.92. The molecule has 1 saturated carbocycles. The molecular weight excluding hydrogens is 245 g/mol. The Kier molecular flexibility index (Phi) is 3.13. The highest BCUT2D eigenvalue weighted by atomic mass is 35.5. The standard InChI is InChI=1S/C12H13Cl2NO/c13-8-3-4-9(10(14)7-8)12(11(15)16)5-1-2-6-12/h3-4,7H,1-2,5-6H2,(H2,15,16). The number of hydrogen-bond donors (Lipinski definition) is 1. The molecule has 1 aliphatic rings. The highest BCUT2D eigenvalue weighted by molar-refractivity contribution is 6.35. The van der Waals surface area contributed by atoms with Gasteiger partial charge in [0.05, 0.1) is 5.41 Å². The van der Waals surface area contributed by atoms with E-state index in [0.29, 0.717) is 10.0 Å². The predicted molar refractivity (Wildman–Crippen MR) is 65.8 cm³/mol. The maximum Gasteiger partial charge on any atom is 0.228 e. The molecule has 1 aromatic rings. The first-order chi connectivity index (χ1) is 7.56. The third-order valence-electron chi connectivity index (χ3n) is 3.38. The average Bonchev–Trinajstić information content (AvgIpc) is 2.67. The summed E-state index contributed by atoms with van der Waals surface area (Å²) in [6.07, 6.45) is 3.59. The van der Waals surface area contributed by atoms with E-state index in [4.69, 9.17) is 28.9 Å². The summed E-state index contributed by atoms with van der Waals surface area (Å²) in [5.41, 5.74) is 5.78. The van der Waals surface area contributed by atoms with E-state index < -0.39 is 5.41 Å². The van der Waals surface area contributed by atoms with Crippen LogP contribution in [-0.2, 0) is 10.2 Å². The monoisotopic (exact) mass is 257 g/mol. The van der Waals surface area contributed by atoms with Gasteiger partial charge in [-0.05, 0) is 30.5 Å². The van der Waals surface area contributed by atoms with Crippen LogP contribution in [0.25, 0.3) is 0 Å². The molecule has 0 bridgehead atoms. The van der Waals surface area contributed by atoms with Gasteiger partial charge in [-0.25, -0.2) is 0 Å². The maximum atomic E-state index is 11.7. The summed E-state index contributed by atoms with van der Waals surface area (Å²) in [5, 5.41) is 1.11. The van der Waals surface area contributed by atoms with E-state index in [0.717, 1.165) is 31.2 Å². The van der Waals surface area contributed by atoms with Gasteiger partial charge in [-0.1, -0.05) is 42.1 Å². The summed E-state index contributed by atoms with van der Waals surface area (Å²) in [6.45, 7) is 0. The van der Waals surface area contributed by atoms with E-state index in [2.05, 4.69) is 0 Å². The van der Waals surface area contributed by atoms with Crippen molar-refractivity contribution in [3.8, 4) is 0 Å². The van der Waals surface area contributed by atoms with Gasteiger partial charge >= 0.3 is 0 Å². The zero-order valence-corrected chi connectivity index (χ0v) is 10.3. The fourth-order valence-corrected chi connectivity index (χ4v) is 3.09. The molecule has 2 rings (SSSR count).